The highest BCUT2D eigenvalue weighted by Crippen LogP contribution is 2.37. The second-order valence-electron chi connectivity index (χ2n) is 5.34. The fraction of sp³-hybridized carbons (Fsp3) is 0.333. The second kappa shape index (κ2) is 7.78. The van der Waals surface area contributed by atoms with Crippen molar-refractivity contribution in [2.75, 3.05) is 32.5 Å². The first-order valence-corrected chi connectivity index (χ1v) is 7.41. The maximum absolute atomic E-state index is 12.3. The number of esters is 2. The molecular weight excluding hydrogens is 366 g/mol. The third-order valence-electron chi connectivity index (χ3n) is 3.87. The Balaban J connectivity index is 2.77. The van der Waals surface area contributed by atoms with Crippen LogP contribution in [0.1, 0.15) is 5.56 Å². The van der Waals surface area contributed by atoms with Crippen molar-refractivity contribution in [2.45, 2.75) is 6.92 Å². The highest BCUT2D eigenvalue weighted by Gasteiger charge is 2.35. The normalized spacial score (nSPS) is 14.0. The number of hydrogen-bond donors (Lipinski definition) is 0. The Kier molecular flexibility index (Phi) is 5.70. The van der Waals surface area contributed by atoms with Gasteiger partial charge in [-0.25, -0.2) is 9.59 Å². The summed E-state index contributed by atoms with van der Waals surface area (Å²) >= 11 is 0. The Morgan fingerprint density at radius 3 is 2.26 bits per heavy atom. The van der Waals surface area contributed by atoms with E-state index in [9.17, 15) is 29.8 Å². The second-order valence-corrected chi connectivity index (χ2v) is 5.34. The number of hydrogen-bond acceptors (Lipinski definition) is 10. The molecule has 0 spiro atoms. The van der Waals surface area contributed by atoms with Gasteiger partial charge in [-0.2, -0.15) is 0 Å². The molecule has 1 aromatic carbocycles. The van der Waals surface area contributed by atoms with Crippen molar-refractivity contribution in [2.24, 2.45) is 0 Å². The molecule has 144 valence electrons. The maximum Gasteiger partial charge on any atom is 0.355 e. The summed E-state index contributed by atoms with van der Waals surface area (Å²) < 4.78 is 14.6. The Morgan fingerprint density at radius 1 is 1.11 bits per heavy atom. The van der Waals surface area contributed by atoms with E-state index in [4.69, 9.17) is 9.47 Å². The van der Waals surface area contributed by atoms with Gasteiger partial charge in [-0.15, -0.1) is 0 Å². The molecule has 0 aromatic heterocycles. The van der Waals surface area contributed by atoms with Crippen LogP contribution in [-0.2, 0) is 23.8 Å². The van der Waals surface area contributed by atoms with Crippen LogP contribution in [0.5, 0.6) is 0 Å². The molecule has 1 aromatic rings. The molecule has 0 radical (unpaired) electrons. The van der Waals surface area contributed by atoms with E-state index < -0.39 is 33.2 Å². The van der Waals surface area contributed by atoms with Crippen LogP contribution in [0.2, 0.25) is 0 Å². The topological polar surface area (TPSA) is 151 Å². The van der Waals surface area contributed by atoms with Gasteiger partial charge in [-0.1, -0.05) is 0 Å². The lowest BCUT2D eigenvalue weighted by Crippen LogP contribution is -2.39. The van der Waals surface area contributed by atoms with Crippen molar-refractivity contribution in [3.05, 3.63) is 49.2 Å². The summed E-state index contributed by atoms with van der Waals surface area (Å²) in [5, 5.41) is 22.4. The van der Waals surface area contributed by atoms with E-state index in [1.807, 2.05) is 0 Å². The maximum atomic E-state index is 12.3. The molecule has 2 rings (SSSR count). The smallest absolute Gasteiger partial charge is 0.355 e. The van der Waals surface area contributed by atoms with Crippen molar-refractivity contribution < 1.29 is 33.6 Å². The van der Waals surface area contributed by atoms with E-state index in [1.54, 1.807) is 0 Å². The minimum atomic E-state index is -0.924. The average Bonchev–Trinajstić information content (AvgIpc) is 2.65. The zero-order valence-electron chi connectivity index (χ0n) is 14.6. The third-order valence-corrected chi connectivity index (χ3v) is 3.87. The molecule has 1 heterocycles. The molecule has 0 bridgehead atoms. The van der Waals surface area contributed by atoms with E-state index in [0.717, 1.165) is 31.3 Å². The number of benzene rings is 1. The van der Waals surface area contributed by atoms with Gasteiger partial charge in [0.25, 0.3) is 11.4 Å². The van der Waals surface area contributed by atoms with Gasteiger partial charge in [-0.3, -0.25) is 20.2 Å². The summed E-state index contributed by atoms with van der Waals surface area (Å²) in [5.74, 6) is -1.79. The molecule has 27 heavy (non-hydrogen) atoms. The molecule has 0 atom stereocenters. The molecule has 0 saturated heterocycles. The zero-order valence-corrected chi connectivity index (χ0v) is 14.6. The van der Waals surface area contributed by atoms with E-state index in [2.05, 4.69) is 4.74 Å². The summed E-state index contributed by atoms with van der Waals surface area (Å²) in [7, 11) is 2.19. The Morgan fingerprint density at radius 2 is 1.74 bits per heavy atom. The van der Waals surface area contributed by atoms with Crippen molar-refractivity contribution >= 4 is 29.0 Å². The molecule has 0 amide bonds. The van der Waals surface area contributed by atoms with Crippen LogP contribution in [-0.4, -0.2) is 49.3 Å². The molecular formula is C15H15N3O9. The Labute approximate surface area is 152 Å². The highest BCUT2D eigenvalue weighted by atomic mass is 16.6. The number of nitro groups is 2. The molecule has 0 unspecified atom stereocenters. The summed E-state index contributed by atoms with van der Waals surface area (Å²) in [6.45, 7) is 0.812. The summed E-state index contributed by atoms with van der Waals surface area (Å²) in [6, 6.07) is 1.86. The van der Waals surface area contributed by atoms with Crippen molar-refractivity contribution in [1.29, 1.82) is 0 Å². The van der Waals surface area contributed by atoms with Crippen LogP contribution in [0, 0.1) is 27.2 Å². The minimum Gasteiger partial charge on any atom is -0.466 e. The lowest BCUT2D eigenvalue weighted by molar-refractivity contribution is -0.394. The highest BCUT2D eigenvalue weighted by molar-refractivity contribution is 6.03. The molecule has 12 heteroatoms. The predicted molar refractivity (Wildman–Crippen MR) is 88.8 cm³/mol. The zero-order chi connectivity index (χ0) is 20.3. The summed E-state index contributed by atoms with van der Waals surface area (Å²) in [5.41, 5.74) is -1.53. The van der Waals surface area contributed by atoms with E-state index in [-0.39, 0.29) is 35.9 Å². The van der Waals surface area contributed by atoms with Gasteiger partial charge in [0.1, 0.15) is 12.4 Å². The van der Waals surface area contributed by atoms with E-state index in [1.165, 1.54) is 6.92 Å². The van der Waals surface area contributed by atoms with Crippen LogP contribution in [0.3, 0.4) is 0 Å². The number of anilines is 1. The molecule has 0 N–H and O–H groups in total. The van der Waals surface area contributed by atoms with Gasteiger partial charge >= 0.3 is 11.9 Å². The largest absolute Gasteiger partial charge is 0.466 e. The van der Waals surface area contributed by atoms with Gasteiger partial charge in [0.05, 0.1) is 53.6 Å². The van der Waals surface area contributed by atoms with Crippen LogP contribution < -0.4 is 4.90 Å². The summed E-state index contributed by atoms with van der Waals surface area (Å²) in [4.78, 5) is 46.2. The van der Waals surface area contributed by atoms with Crippen molar-refractivity contribution in [1.82, 2.24) is 0 Å². The van der Waals surface area contributed by atoms with Gasteiger partial charge in [0.2, 0.25) is 0 Å². The lowest BCUT2D eigenvalue weighted by atomic mass is 10.1. The van der Waals surface area contributed by atoms with Crippen LogP contribution in [0.15, 0.2) is 23.4 Å². The van der Waals surface area contributed by atoms with Crippen LogP contribution in [0.25, 0.3) is 0 Å². The fourth-order valence-electron chi connectivity index (χ4n) is 2.58. The van der Waals surface area contributed by atoms with Crippen LogP contribution >= 0.6 is 0 Å². The van der Waals surface area contributed by atoms with Gasteiger partial charge in [0, 0.05) is 6.07 Å². The number of methoxy groups -OCH3 is 2. The number of carbonyl (C=O) groups excluding carboxylic acids is 2. The van der Waals surface area contributed by atoms with Crippen molar-refractivity contribution in [3.8, 4) is 0 Å². The fourth-order valence-corrected chi connectivity index (χ4v) is 2.58. The average molecular weight is 381 g/mol. The standard InChI is InChI=1S/C15H15N3O9/c1-8-11(4-9(17(21)22)5-12(8)18(23)24)16-7-27-6-10(14(19)25-2)13(16)15(20)26-3/h4-5H,6-7H2,1-3H3. The number of ether oxygens (including phenoxy) is 3. The van der Waals surface area contributed by atoms with Crippen molar-refractivity contribution in [3.63, 3.8) is 0 Å². The van der Waals surface area contributed by atoms with Crippen LogP contribution in [0.4, 0.5) is 17.1 Å². The lowest BCUT2D eigenvalue weighted by Gasteiger charge is -2.31. The monoisotopic (exact) mass is 381 g/mol. The number of nitrogens with zero attached hydrogens (tertiary/aromatic N) is 3. The number of nitro benzene ring substituents is 2. The molecule has 1 aliphatic rings. The quantitative estimate of drug-likeness (QED) is 0.413. The third kappa shape index (κ3) is 3.69. The Bertz CT molecular complexity index is 862. The molecule has 12 nitrogen and oxygen atoms in total. The predicted octanol–water partition coefficient (Wildman–Crippen LogP) is 1.21. The number of non-ortho nitro benzene ring substituents is 1. The molecule has 0 fully saturated rings. The van der Waals surface area contributed by atoms with E-state index >= 15 is 0 Å². The first kappa shape index (κ1) is 19.8. The minimum absolute atomic E-state index is 0.0433. The SMILES string of the molecule is COC(=O)C1=C(C(=O)OC)N(c2cc([N+](=O)[O-])cc([N+](=O)[O-])c2C)COC1. The van der Waals surface area contributed by atoms with Gasteiger partial charge < -0.3 is 19.1 Å². The van der Waals surface area contributed by atoms with Gasteiger partial charge in [-0.05, 0) is 6.92 Å². The number of rotatable bonds is 5. The first-order valence-electron chi connectivity index (χ1n) is 7.41. The molecule has 0 aliphatic carbocycles. The molecule has 0 saturated carbocycles. The summed E-state index contributed by atoms with van der Waals surface area (Å²) in [6.07, 6.45) is 0. The Hall–Kier alpha value is -3.54. The molecule has 1 aliphatic heterocycles. The van der Waals surface area contributed by atoms with Gasteiger partial charge in [0.15, 0.2) is 0 Å². The number of carbonyl (C=O) groups is 2. The first-order chi connectivity index (χ1) is 12.7. The van der Waals surface area contributed by atoms with E-state index in [0.29, 0.717) is 0 Å².